The zero-order valence-electron chi connectivity index (χ0n) is 17.3. The van der Waals surface area contributed by atoms with Gasteiger partial charge in [0.05, 0.1) is 23.1 Å². The normalized spacial score (nSPS) is 10.9. The van der Waals surface area contributed by atoms with Crippen LogP contribution in [0, 0.1) is 6.92 Å². The van der Waals surface area contributed by atoms with Gasteiger partial charge in [0.15, 0.2) is 5.13 Å². The fraction of sp³-hybridized carbons (Fsp3) is 0.333. The maximum absolute atomic E-state index is 13.1. The van der Waals surface area contributed by atoms with E-state index >= 15 is 0 Å². The second kappa shape index (κ2) is 11.2. The molecule has 5 nitrogen and oxygen atoms in total. The summed E-state index contributed by atoms with van der Waals surface area (Å²) in [6.07, 6.45) is 0. The number of nitrogens with zero attached hydrogens (tertiary/aromatic N) is 3. The number of amides is 1. The van der Waals surface area contributed by atoms with Crippen molar-refractivity contribution in [2.75, 3.05) is 44.9 Å². The summed E-state index contributed by atoms with van der Waals surface area (Å²) in [5.74, 6) is 1.18. The number of rotatable bonds is 8. The van der Waals surface area contributed by atoms with Crippen LogP contribution in [0.4, 0.5) is 5.13 Å². The molecular formula is C21H25Cl2N3O2S2. The first kappa shape index (κ1) is 24.8. The third-order valence-corrected chi connectivity index (χ3v) is 6.91. The molecular weight excluding hydrogens is 461 g/mol. The van der Waals surface area contributed by atoms with Gasteiger partial charge in [0.1, 0.15) is 5.75 Å². The van der Waals surface area contributed by atoms with Crippen LogP contribution in [-0.4, -0.2) is 55.8 Å². The molecule has 0 spiro atoms. The van der Waals surface area contributed by atoms with Crippen molar-refractivity contribution in [3.05, 3.63) is 47.0 Å². The molecule has 0 atom stereocenters. The van der Waals surface area contributed by atoms with Crippen molar-refractivity contribution in [1.82, 2.24) is 9.88 Å². The molecule has 3 rings (SSSR count). The molecule has 0 radical (unpaired) electrons. The van der Waals surface area contributed by atoms with E-state index in [1.807, 2.05) is 57.4 Å². The van der Waals surface area contributed by atoms with Crippen molar-refractivity contribution in [3.63, 3.8) is 0 Å². The number of halogens is 2. The van der Waals surface area contributed by atoms with Crippen LogP contribution < -0.4 is 9.64 Å². The molecule has 0 unspecified atom stereocenters. The van der Waals surface area contributed by atoms with Gasteiger partial charge in [0.2, 0.25) is 5.91 Å². The van der Waals surface area contributed by atoms with E-state index in [1.165, 1.54) is 23.1 Å². The number of methoxy groups -OCH3 is 1. The SMILES string of the molecule is COc1ccc(SCC(=O)N(CCN(C)C)c2nc3c(C)c(Cl)ccc3s2)cc1.Cl. The summed E-state index contributed by atoms with van der Waals surface area (Å²) in [7, 11) is 5.63. The lowest BCUT2D eigenvalue weighted by Gasteiger charge is -2.21. The molecule has 162 valence electrons. The van der Waals surface area contributed by atoms with E-state index in [-0.39, 0.29) is 18.3 Å². The van der Waals surface area contributed by atoms with Crippen molar-refractivity contribution < 1.29 is 9.53 Å². The number of ether oxygens (including phenoxy) is 1. The molecule has 0 saturated carbocycles. The minimum absolute atomic E-state index is 0. The highest BCUT2D eigenvalue weighted by Crippen LogP contribution is 2.34. The van der Waals surface area contributed by atoms with Crippen LogP contribution in [0.25, 0.3) is 10.2 Å². The molecule has 1 amide bonds. The number of anilines is 1. The van der Waals surface area contributed by atoms with Gasteiger partial charge in [0, 0.05) is 23.0 Å². The van der Waals surface area contributed by atoms with E-state index in [0.717, 1.165) is 33.0 Å². The van der Waals surface area contributed by atoms with Crippen LogP contribution in [0.3, 0.4) is 0 Å². The number of benzene rings is 2. The summed E-state index contributed by atoms with van der Waals surface area (Å²) in [6.45, 7) is 3.30. The van der Waals surface area contributed by atoms with Crippen molar-refractivity contribution in [2.45, 2.75) is 11.8 Å². The first-order chi connectivity index (χ1) is 13.9. The molecule has 0 N–H and O–H groups in total. The van der Waals surface area contributed by atoms with Crippen LogP contribution in [0.1, 0.15) is 5.56 Å². The average molecular weight is 486 g/mol. The molecule has 0 aliphatic rings. The summed E-state index contributed by atoms with van der Waals surface area (Å²) in [5.41, 5.74) is 1.81. The number of fused-ring (bicyclic) bond motifs is 1. The van der Waals surface area contributed by atoms with Gasteiger partial charge < -0.3 is 9.64 Å². The lowest BCUT2D eigenvalue weighted by molar-refractivity contribution is -0.116. The maximum atomic E-state index is 13.1. The zero-order valence-corrected chi connectivity index (χ0v) is 20.6. The van der Waals surface area contributed by atoms with Crippen molar-refractivity contribution in [3.8, 4) is 5.75 Å². The van der Waals surface area contributed by atoms with E-state index in [0.29, 0.717) is 22.5 Å². The van der Waals surface area contributed by atoms with Gasteiger partial charge >= 0.3 is 0 Å². The maximum Gasteiger partial charge on any atom is 0.239 e. The van der Waals surface area contributed by atoms with E-state index in [4.69, 9.17) is 21.3 Å². The third kappa shape index (κ3) is 6.02. The first-order valence-corrected chi connectivity index (χ1v) is 11.3. The van der Waals surface area contributed by atoms with Crippen molar-refractivity contribution in [1.29, 1.82) is 0 Å². The molecule has 1 aromatic heterocycles. The topological polar surface area (TPSA) is 45.7 Å². The standard InChI is InChI=1S/C21H24ClN3O2S2.ClH/c1-14-17(22)9-10-18-20(14)23-21(29-18)25(12-11-24(2)3)19(26)13-28-16-7-5-15(27-4)6-8-16;/h5-10H,11-13H2,1-4H3;1H. The fourth-order valence-electron chi connectivity index (χ4n) is 2.73. The number of aromatic nitrogens is 1. The lowest BCUT2D eigenvalue weighted by atomic mass is 10.2. The first-order valence-electron chi connectivity index (χ1n) is 9.16. The Bertz CT molecular complexity index is 994. The lowest BCUT2D eigenvalue weighted by Crippen LogP contribution is -2.37. The summed E-state index contributed by atoms with van der Waals surface area (Å²) in [4.78, 5) is 22.7. The Kier molecular flexibility index (Phi) is 9.25. The predicted octanol–water partition coefficient (Wildman–Crippen LogP) is 5.38. The highest BCUT2D eigenvalue weighted by atomic mass is 35.5. The quantitative estimate of drug-likeness (QED) is 0.401. The van der Waals surface area contributed by atoms with Gasteiger partial charge in [-0.25, -0.2) is 4.98 Å². The largest absolute Gasteiger partial charge is 0.497 e. The zero-order chi connectivity index (χ0) is 21.0. The number of hydrogen-bond acceptors (Lipinski definition) is 6. The van der Waals surface area contributed by atoms with Crippen LogP contribution in [-0.2, 0) is 4.79 Å². The minimum Gasteiger partial charge on any atom is -0.497 e. The molecule has 0 aliphatic heterocycles. The predicted molar refractivity (Wildman–Crippen MR) is 131 cm³/mol. The molecule has 1 heterocycles. The molecule has 0 aliphatic carbocycles. The Labute approximate surface area is 196 Å². The Balaban J connectivity index is 0.00000320. The molecule has 0 bridgehead atoms. The van der Waals surface area contributed by atoms with Crippen LogP contribution in [0.5, 0.6) is 5.75 Å². The fourth-order valence-corrected chi connectivity index (χ4v) is 4.72. The summed E-state index contributed by atoms with van der Waals surface area (Å²) < 4.78 is 6.22. The van der Waals surface area contributed by atoms with Gasteiger partial charge in [0.25, 0.3) is 0 Å². The number of hydrogen-bond donors (Lipinski definition) is 0. The minimum atomic E-state index is 0. The number of carbonyl (C=O) groups excluding carboxylic acids is 1. The van der Waals surface area contributed by atoms with E-state index in [9.17, 15) is 4.79 Å². The number of likely N-dealkylation sites (N-methyl/N-ethyl adjacent to an activating group) is 1. The number of aryl methyl sites for hydroxylation is 1. The Morgan fingerprint density at radius 2 is 1.87 bits per heavy atom. The Morgan fingerprint density at radius 3 is 2.50 bits per heavy atom. The van der Waals surface area contributed by atoms with Gasteiger partial charge in [-0.15, -0.1) is 24.2 Å². The molecule has 3 aromatic rings. The van der Waals surface area contributed by atoms with Crippen molar-refractivity contribution in [2.24, 2.45) is 0 Å². The summed E-state index contributed by atoms with van der Waals surface area (Å²) in [5, 5.41) is 1.41. The second-order valence-electron chi connectivity index (χ2n) is 6.83. The molecule has 9 heteroatoms. The molecule has 0 fully saturated rings. The molecule has 0 saturated heterocycles. The monoisotopic (exact) mass is 485 g/mol. The highest BCUT2D eigenvalue weighted by Gasteiger charge is 2.21. The summed E-state index contributed by atoms with van der Waals surface area (Å²) in [6, 6.07) is 11.6. The number of carbonyl (C=O) groups is 1. The number of thiazole rings is 1. The van der Waals surface area contributed by atoms with Crippen LogP contribution >= 0.6 is 47.1 Å². The van der Waals surface area contributed by atoms with Crippen molar-refractivity contribution >= 4 is 68.4 Å². The van der Waals surface area contributed by atoms with Gasteiger partial charge in [-0.1, -0.05) is 22.9 Å². The Hall–Kier alpha value is -1.51. The molecule has 2 aromatic carbocycles. The van der Waals surface area contributed by atoms with Crippen LogP contribution in [0.15, 0.2) is 41.3 Å². The number of thioether (sulfide) groups is 1. The highest BCUT2D eigenvalue weighted by molar-refractivity contribution is 8.00. The smallest absolute Gasteiger partial charge is 0.239 e. The van der Waals surface area contributed by atoms with E-state index in [2.05, 4.69) is 4.90 Å². The van der Waals surface area contributed by atoms with Gasteiger partial charge in [-0.3, -0.25) is 9.69 Å². The second-order valence-corrected chi connectivity index (χ2v) is 9.29. The average Bonchev–Trinajstić information content (AvgIpc) is 3.14. The van der Waals surface area contributed by atoms with Gasteiger partial charge in [-0.2, -0.15) is 0 Å². The van der Waals surface area contributed by atoms with Gasteiger partial charge in [-0.05, 0) is 63.0 Å². The Morgan fingerprint density at radius 1 is 1.17 bits per heavy atom. The van der Waals surface area contributed by atoms with E-state index < -0.39 is 0 Å². The molecule has 30 heavy (non-hydrogen) atoms. The third-order valence-electron chi connectivity index (χ3n) is 4.46. The summed E-state index contributed by atoms with van der Waals surface area (Å²) >= 11 is 9.28. The van der Waals surface area contributed by atoms with Crippen LogP contribution in [0.2, 0.25) is 5.02 Å². The van der Waals surface area contributed by atoms with E-state index in [1.54, 1.807) is 12.0 Å².